The first-order valence-corrected chi connectivity index (χ1v) is 45.9. The van der Waals surface area contributed by atoms with E-state index in [4.69, 9.17) is 0 Å². The molecule has 4 aromatic heterocycles. The van der Waals surface area contributed by atoms with Gasteiger partial charge in [-0.15, -0.1) is 45.3 Å². The summed E-state index contributed by atoms with van der Waals surface area (Å²) in [5, 5.41) is 22.3. The Bertz CT molecular complexity index is 4710. The number of thiophene rings is 4. The second-order valence-electron chi connectivity index (χ2n) is 38.9. The maximum Gasteiger partial charge on any atom is 0.103 e. The number of benzene rings is 8. The molecule has 16 aliphatic rings. The minimum absolute atomic E-state index is 0.300. The second kappa shape index (κ2) is 24.2. The third kappa shape index (κ3) is 10.0. The summed E-state index contributed by atoms with van der Waals surface area (Å²) < 4.78 is 0. The molecular formula is C100H102N4S4. The van der Waals surface area contributed by atoms with E-state index in [1.807, 2.05) is 45.3 Å². The average Bonchev–Trinajstić information content (AvgIpc) is 1.19. The molecule has 16 bridgehead atoms. The van der Waals surface area contributed by atoms with Crippen LogP contribution in [0.15, 0.2) is 179 Å². The van der Waals surface area contributed by atoms with Crippen LogP contribution >= 0.6 is 45.3 Å². The fourth-order valence-corrected chi connectivity index (χ4v) is 33.1. The van der Waals surface area contributed by atoms with Crippen LogP contribution in [0.4, 0.5) is 65.5 Å². The molecule has 0 N–H and O–H groups in total. The fraction of sp³-hybridized carbons (Fsp3) is 0.440. The molecular weight excluding hydrogens is 1390 g/mol. The molecule has 0 unspecified atom stereocenters. The smallest absolute Gasteiger partial charge is 0.103 e. The number of rotatable bonds is 16. The topological polar surface area (TPSA) is 13.0 Å². The quantitative estimate of drug-likeness (QED) is 0.0894. The summed E-state index contributed by atoms with van der Waals surface area (Å²) in [6, 6.07) is 66.3. The van der Waals surface area contributed by atoms with Crippen molar-refractivity contribution in [2.45, 2.75) is 203 Å². The molecule has 12 aromatic rings. The van der Waals surface area contributed by atoms with Gasteiger partial charge in [0.05, 0.1) is 22.7 Å². The zero-order chi connectivity index (χ0) is 71.3. The van der Waals surface area contributed by atoms with Crippen LogP contribution in [0.1, 0.15) is 199 Å². The Morgan fingerprint density at radius 1 is 0.231 bits per heavy atom. The first-order valence-electron chi connectivity index (χ1n) is 42.4. The van der Waals surface area contributed by atoms with Gasteiger partial charge in [-0.2, -0.15) is 0 Å². The van der Waals surface area contributed by atoms with Crippen molar-refractivity contribution in [2.24, 2.45) is 71.0 Å². The van der Waals surface area contributed by atoms with Crippen LogP contribution in [0, 0.1) is 98.7 Å². The molecule has 0 saturated heterocycles. The molecule has 108 heavy (non-hydrogen) atoms. The molecule has 4 nitrogen and oxygen atoms in total. The minimum Gasteiger partial charge on any atom is -0.301 e. The standard InChI is InChI=1S/C100H102N4S4/c1-59-25-29-105-93(59)101(79-13-5-75(6-14-79)97-47-63-33-64(48-97)35-65(34-63)49-97)87-45-88(102(94-60(2)26-30-106-94)80-15-7-76(8-16-80)98-50-66-36-67(51-98)38-68(37-66)52-98)84-23-24-86-90(104(96-62(4)28-32-108-96)82-19-11-78(12-20-82)100-56-72-42-73(57-100)44-74(43-72)58-100)46-89(85-22-21-83(87)91(84)92(85)86)103(95-61(3)27-31-107-95)81-17-9-77(10-18-81)99-53-69-39-70(54-99)41-71(40-69)55-99/h5-32,45-46,63-74H,33-44,47-58H2,1-4H3. The van der Waals surface area contributed by atoms with Crippen LogP contribution in [-0.2, 0) is 21.7 Å². The summed E-state index contributed by atoms with van der Waals surface area (Å²) in [6.45, 7) is 9.44. The van der Waals surface area contributed by atoms with E-state index >= 15 is 0 Å². The highest BCUT2D eigenvalue weighted by Gasteiger charge is 2.56. The van der Waals surface area contributed by atoms with Gasteiger partial charge in [0.15, 0.2) is 0 Å². The van der Waals surface area contributed by atoms with E-state index in [0.29, 0.717) is 21.7 Å². The van der Waals surface area contributed by atoms with Crippen molar-refractivity contribution in [1.29, 1.82) is 0 Å². The Morgan fingerprint density at radius 3 is 0.565 bits per heavy atom. The molecule has 0 amide bonds. The first-order chi connectivity index (χ1) is 52.8. The van der Waals surface area contributed by atoms with E-state index < -0.39 is 0 Å². The summed E-state index contributed by atoms with van der Waals surface area (Å²) in [6.07, 6.45) is 33.8. The van der Waals surface area contributed by atoms with Crippen molar-refractivity contribution in [2.75, 3.05) is 19.6 Å². The van der Waals surface area contributed by atoms with Crippen molar-refractivity contribution >= 4 is 143 Å². The molecule has 0 radical (unpaired) electrons. The third-order valence-corrected chi connectivity index (χ3v) is 36.0. The zero-order valence-corrected chi connectivity index (χ0v) is 66.9. The van der Waals surface area contributed by atoms with Crippen molar-refractivity contribution in [3.8, 4) is 0 Å². The number of aryl methyl sites for hydroxylation is 4. The highest BCUT2D eigenvalue weighted by molar-refractivity contribution is 7.15. The van der Waals surface area contributed by atoms with Crippen LogP contribution in [0.5, 0.6) is 0 Å². The van der Waals surface area contributed by atoms with E-state index in [-0.39, 0.29) is 0 Å². The molecule has 16 fully saturated rings. The van der Waals surface area contributed by atoms with Crippen LogP contribution in [0.2, 0.25) is 0 Å². The van der Waals surface area contributed by atoms with Gasteiger partial charge in [-0.3, -0.25) is 0 Å². The Morgan fingerprint density at radius 2 is 0.407 bits per heavy atom. The lowest BCUT2D eigenvalue weighted by atomic mass is 9.48. The average molecular weight is 1490 g/mol. The van der Waals surface area contributed by atoms with Crippen molar-refractivity contribution in [3.05, 3.63) is 224 Å². The minimum atomic E-state index is 0.300. The number of hydrogen-bond acceptors (Lipinski definition) is 8. The SMILES string of the molecule is Cc1ccsc1N(c1ccc(C23CC4CC(CC(C4)C2)C3)cc1)c1cc(N(c2ccc(C34CC5CC(CC(C5)C3)C4)cc2)c2sccc2C)c2ccc3c(N(c4ccc(C56CC7CC(CC(C7)C5)C6)cc4)c4sccc4C)cc(N(c4ccc(C56CC7CC(CC(C7)C5)C6)cc4)c4sccc4C)c4ccc1c2c43. The van der Waals surface area contributed by atoms with Gasteiger partial charge in [0.25, 0.3) is 0 Å². The largest absolute Gasteiger partial charge is 0.301 e. The summed E-state index contributed by atoms with van der Waals surface area (Å²) in [5.41, 5.74) is 22.6. The van der Waals surface area contributed by atoms with Crippen molar-refractivity contribution in [1.82, 2.24) is 0 Å². The van der Waals surface area contributed by atoms with E-state index in [9.17, 15) is 0 Å². The summed E-state index contributed by atoms with van der Waals surface area (Å²) in [7, 11) is 0. The molecule has 16 saturated carbocycles. The molecule has 4 heterocycles. The van der Waals surface area contributed by atoms with Crippen LogP contribution in [-0.4, -0.2) is 0 Å². The van der Waals surface area contributed by atoms with Crippen molar-refractivity contribution < 1.29 is 0 Å². The van der Waals surface area contributed by atoms with Gasteiger partial charge in [-0.05, 0) is 425 Å². The van der Waals surface area contributed by atoms with Crippen LogP contribution < -0.4 is 19.6 Å². The van der Waals surface area contributed by atoms with Crippen LogP contribution in [0.25, 0.3) is 32.3 Å². The predicted molar refractivity (Wildman–Crippen MR) is 459 cm³/mol. The van der Waals surface area contributed by atoms with E-state index in [1.165, 1.54) is 274 Å². The number of nitrogens with zero attached hydrogens (tertiary/aromatic N) is 4. The third-order valence-electron chi connectivity index (χ3n) is 32.0. The Kier molecular flexibility index (Phi) is 14.7. The molecule has 546 valence electrons. The van der Waals surface area contributed by atoms with Gasteiger partial charge in [0.1, 0.15) is 20.0 Å². The van der Waals surface area contributed by atoms with E-state index in [1.54, 1.807) is 22.3 Å². The van der Waals surface area contributed by atoms with Crippen molar-refractivity contribution in [3.63, 3.8) is 0 Å². The molecule has 8 aromatic carbocycles. The second-order valence-corrected chi connectivity index (χ2v) is 42.4. The van der Waals surface area contributed by atoms with Gasteiger partial charge in [0, 0.05) is 55.1 Å². The van der Waals surface area contributed by atoms with Gasteiger partial charge in [-0.25, -0.2) is 0 Å². The maximum atomic E-state index is 2.72. The lowest BCUT2D eigenvalue weighted by molar-refractivity contribution is -0.00530. The lowest BCUT2D eigenvalue weighted by Crippen LogP contribution is -2.48. The predicted octanol–water partition coefficient (Wildman–Crippen LogP) is 29.8. The monoisotopic (exact) mass is 1490 g/mol. The van der Waals surface area contributed by atoms with Crippen LogP contribution in [0.3, 0.4) is 0 Å². The van der Waals surface area contributed by atoms with Gasteiger partial charge in [-0.1, -0.05) is 72.8 Å². The number of hydrogen-bond donors (Lipinski definition) is 0. The normalized spacial score (nSPS) is 32.1. The Hall–Kier alpha value is -7.20. The maximum absolute atomic E-state index is 2.72. The fourth-order valence-electron chi connectivity index (χ4n) is 29.2. The molecule has 28 rings (SSSR count). The first kappa shape index (κ1) is 65.5. The van der Waals surface area contributed by atoms with Gasteiger partial charge in [0.2, 0.25) is 0 Å². The molecule has 0 aliphatic heterocycles. The molecule has 0 spiro atoms. The lowest BCUT2D eigenvalue weighted by Gasteiger charge is -2.57. The zero-order valence-electron chi connectivity index (χ0n) is 63.6. The highest BCUT2D eigenvalue weighted by atomic mass is 32.1. The number of anilines is 12. The van der Waals surface area contributed by atoms with Gasteiger partial charge >= 0.3 is 0 Å². The highest BCUT2D eigenvalue weighted by Crippen LogP contribution is 2.67. The summed E-state index contributed by atoms with van der Waals surface area (Å²) >= 11 is 7.59. The molecule has 16 aliphatic carbocycles. The summed E-state index contributed by atoms with van der Waals surface area (Å²) in [4.78, 5) is 10.9. The van der Waals surface area contributed by atoms with Gasteiger partial charge < -0.3 is 19.6 Å². The molecule has 0 atom stereocenters. The van der Waals surface area contributed by atoms with E-state index in [2.05, 4.69) is 227 Å². The van der Waals surface area contributed by atoms with E-state index in [0.717, 1.165) is 71.0 Å². The summed E-state index contributed by atoms with van der Waals surface area (Å²) in [5.74, 6) is 10.6. The Balaban J connectivity index is 0.767. The Labute approximate surface area is 656 Å². The molecule has 8 heteroatoms.